The highest BCUT2D eigenvalue weighted by Crippen LogP contribution is 2.29. The SMILES string of the molecule is C[C@H]1CCCCN1CCN(CCC(=O)N1CCNCC1)C(=O)c1ccc(C(F)(F)F)cc1. The van der Waals surface area contributed by atoms with Crippen LogP contribution in [0.3, 0.4) is 0 Å². The average molecular weight is 455 g/mol. The molecule has 3 rings (SSSR count). The fourth-order valence-electron chi connectivity index (χ4n) is 4.34. The first-order valence-corrected chi connectivity index (χ1v) is 11.4. The molecule has 0 unspecified atom stereocenters. The smallest absolute Gasteiger partial charge is 0.340 e. The first-order valence-electron chi connectivity index (χ1n) is 11.4. The van der Waals surface area contributed by atoms with Gasteiger partial charge in [-0.15, -0.1) is 0 Å². The van der Waals surface area contributed by atoms with E-state index >= 15 is 0 Å². The van der Waals surface area contributed by atoms with Crippen LogP contribution in [-0.2, 0) is 11.0 Å². The maximum atomic E-state index is 13.1. The third kappa shape index (κ3) is 6.68. The van der Waals surface area contributed by atoms with Gasteiger partial charge in [0, 0.05) is 63.8 Å². The van der Waals surface area contributed by atoms with Gasteiger partial charge in [0.05, 0.1) is 5.56 Å². The summed E-state index contributed by atoms with van der Waals surface area (Å²) in [6.07, 6.45) is -0.790. The zero-order valence-electron chi connectivity index (χ0n) is 18.7. The minimum absolute atomic E-state index is 0.00283. The summed E-state index contributed by atoms with van der Waals surface area (Å²) < 4.78 is 38.6. The van der Waals surface area contributed by atoms with Crippen molar-refractivity contribution in [1.82, 2.24) is 20.0 Å². The maximum absolute atomic E-state index is 13.1. The number of likely N-dealkylation sites (tertiary alicyclic amines) is 1. The number of hydrogen-bond acceptors (Lipinski definition) is 4. The summed E-state index contributed by atoms with van der Waals surface area (Å²) in [4.78, 5) is 31.5. The van der Waals surface area contributed by atoms with Gasteiger partial charge in [0.25, 0.3) is 5.91 Å². The largest absolute Gasteiger partial charge is 0.416 e. The first-order chi connectivity index (χ1) is 15.3. The van der Waals surface area contributed by atoms with Gasteiger partial charge < -0.3 is 15.1 Å². The van der Waals surface area contributed by atoms with Crippen molar-refractivity contribution in [1.29, 1.82) is 0 Å². The Labute approximate surface area is 187 Å². The van der Waals surface area contributed by atoms with E-state index in [1.807, 2.05) is 0 Å². The number of hydrogen-bond donors (Lipinski definition) is 1. The summed E-state index contributed by atoms with van der Waals surface area (Å²) in [5.41, 5.74) is -0.573. The number of piperazine rings is 1. The molecule has 1 N–H and O–H groups in total. The van der Waals surface area contributed by atoms with E-state index in [9.17, 15) is 22.8 Å². The highest BCUT2D eigenvalue weighted by molar-refractivity contribution is 5.94. The third-order valence-corrected chi connectivity index (χ3v) is 6.41. The zero-order valence-corrected chi connectivity index (χ0v) is 18.7. The lowest BCUT2D eigenvalue weighted by Crippen LogP contribution is -2.48. The van der Waals surface area contributed by atoms with Crippen LogP contribution in [0.5, 0.6) is 0 Å². The summed E-state index contributed by atoms with van der Waals surface area (Å²) in [6, 6.07) is 4.75. The Morgan fingerprint density at radius 2 is 1.75 bits per heavy atom. The number of carbonyl (C=O) groups is 2. The molecule has 0 bridgehead atoms. The van der Waals surface area contributed by atoms with Crippen molar-refractivity contribution in [2.24, 2.45) is 0 Å². The Hall–Kier alpha value is -2.13. The van der Waals surface area contributed by atoms with Gasteiger partial charge >= 0.3 is 6.18 Å². The summed E-state index contributed by atoms with van der Waals surface area (Å²) in [7, 11) is 0. The van der Waals surface area contributed by atoms with Crippen LogP contribution < -0.4 is 5.32 Å². The van der Waals surface area contributed by atoms with Crippen LogP contribution in [0.15, 0.2) is 24.3 Å². The molecule has 0 spiro atoms. The Kier molecular flexibility index (Phi) is 8.53. The van der Waals surface area contributed by atoms with Crippen molar-refractivity contribution in [3.63, 3.8) is 0 Å². The van der Waals surface area contributed by atoms with E-state index in [1.54, 1.807) is 9.80 Å². The predicted octanol–water partition coefficient (Wildman–Crippen LogP) is 2.84. The monoisotopic (exact) mass is 454 g/mol. The van der Waals surface area contributed by atoms with Crippen LogP contribution in [0.1, 0.15) is 48.5 Å². The van der Waals surface area contributed by atoms with Crippen LogP contribution in [0, 0.1) is 0 Å². The molecular formula is C23H33F3N4O2. The van der Waals surface area contributed by atoms with Gasteiger partial charge in [-0.3, -0.25) is 14.5 Å². The molecule has 9 heteroatoms. The molecule has 1 aromatic carbocycles. The van der Waals surface area contributed by atoms with Crippen molar-refractivity contribution in [3.8, 4) is 0 Å². The Morgan fingerprint density at radius 1 is 1.06 bits per heavy atom. The van der Waals surface area contributed by atoms with Crippen molar-refractivity contribution >= 4 is 11.8 Å². The molecule has 1 atom stereocenters. The van der Waals surface area contributed by atoms with Gasteiger partial charge in [-0.25, -0.2) is 0 Å². The molecule has 0 radical (unpaired) electrons. The van der Waals surface area contributed by atoms with Gasteiger partial charge in [0.2, 0.25) is 5.91 Å². The fraction of sp³-hybridized carbons (Fsp3) is 0.652. The number of nitrogens with one attached hydrogen (secondary N) is 1. The number of alkyl halides is 3. The summed E-state index contributed by atoms with van der Waals surface area (Å²) >= 11 is 0. The lowest BCUT2D eigenvalue weighted by molar-refractivity contribution is -0.137. The van der Waals surface area contributed by atoms with E-state index in [1.165, 1.54) is 18.6 Å². The molecule has 1 aromatic rings. The number of rotatable bonds is 7. The second-order valence-corrected chi connectivity index (χ2v) is 8.63. The highest BCUT2D eigenvalue weighted by atomic mass is 19.4. The maximum Gasteiger partial charge on any atom is 0.416 e. The Morgan fingerprint density at radius 3 is 2.38 bits per heavy atom. The molecule has 0 aromatic heterocycles. The van der Waals surface area contributed by atoms with Gasteiger partial charge in [-0.2, -0.15) is 13.2 Å². The Bertz CT molecular complexity index is 764. The quantitative estimate of drug-likeness (QED) is 0.689. The molecule has 0 aliphatic carbocycles. The second-order valence-electron chi connectivity index (χ2n) is 8.63. The molecule has 6 nitrogen and oxygen atoms in total. The van der Waals surface area contributed by atoms with E-state index in [4.69, 9.17) is 0 Å². The fourth-order valence-corrected chi connectivity index (χ4v) is 4.34. The molecule has 2 aliphatic rings. The van der Waals surface area contributed by atoms with E-state index in [0.29, 0.717) is 32.2 Å². The van der Waals surface area contributed by atoms with E-state index in [0.717, 1.165) is 44.6 Å². The minimum Gasteiger partial charge on any atom is -0.340 e. The van der Waals surface area contributed by atoms with Crippen LogP contribution in [0.4, 0.5) is 13.2 Å². The van der Waals surface area contributed by atoms with E-state index in [-0.39, 0.29) is 30.3 Å². The van der Waals surface area contributed by atoms with Crippen LogP contribution in [0.25, 0.3) is 0 Å². The standard InChI is InChI=1S/C23H33F3N4O2/c1-18-4-2-3-12-28(18)16-17-30(13-9-21(31)29-14-10-27-11-15-29)22(32)19-5-7-20(8-6-19)23(24,25)26/h5-8,18,27H,2-4,9-17H2,1H3/t18-/m0/s1. The zero-order chi connectivity index (χ0) is 23.1. The van der Waals surface area contributed by atoms with E-state index < -0.39 is 11.7 Å². The van der Waals surface area contributed by atoms with Crippen molar-refractivity contribution < 1.29 is 22.8 Å². The van der Waals surface area contributed by atoms with Crippen molar-refractivity contribution in [3.05, 3.63) is 35.4 Å². The average Bonchev–Trinajstić information content (AvgIpc) is 2.79. The summed E-state index contributed by atoms with van der Waals surface area (Å²) in [5, 5.41) is 3.21. The molecule has 2 heterocycles. The molecule has 2 fully saturated rings. The molecule has 32 heavy (non-hydrogen) atoms. The summed E-state index contributed by atoms with van der Waals surface area (Å²) in [5.74, 6) is -0.334. The number of amides is 2. The minimum atomic E-state index is -4.44. The third-order valence-electron chi connectivity index (χ3n) is 6.41. The lowest BCUT2D eigenvalue weighted by atomic mass is 10.0. The van der Waals surface area contributed by atoms with Gasteiger partial charge in [-0.05, 0) is 50.6 Å². The topological polar surface area (TPSA) is 55.9 Å². The van der Waals surface area contributed by atoms with Gasteiger partial charge in [0.1, 0.15) is 0 Å². The second kappa shape index (κ2) is 11.1. The van der Waals surface area contributed by atoms with Crippen LogP contribution in [0.2, 0.25) is 0 Å². The molecule has 178 valence electrons. The van der Waals surface area contributed by atoms with Crippen molar-refractivity contribution in [2.45, 2.75) is 44.8 Å². The number of benzene rings is 1. The van der Waals surface area contributed by atoms with Crippen molar-refractivity contribution in [2.75, 3.05) is 52.4 Å². The molecular weight excluding hydrogens is 421 g/mol. The van der Waals surface area contributed by atoms with E-state index in [2.05, 4.69) is 17.1 Å². The van der Waals surface area contributed by atoms with Crippen LogP contribution >= 0.6 is 0 Å². The van der Waals surface area contributed by atoms with Gasteiger partial charge in [0.15, 0.2) is 0 Å². The Balaban J connectivity index is 1.66. The first kappa shape index (κ1) is 24.5. The number of halogens is 3. The van der Waals surface area contributed by atoms with Gasteiger partial charge in [-0.1, -0.05) is 6.42 Å². The molecule has 2 saturated heterocycles. The number of piperidine rings is 1. The molecule has 2 amide bonds. The van der Waals surface area contributed by atoms with Crippen LogP contribution in [-0.4, -0.2) is 84.9 Å². The summed E-state index contributed by atoms with van der Waals surface area (Å²) in [6.45, 7) is 7.35. The number of nitrogens with zero attached hydrogens (tertiary/aromatic N) is 3. The lowest BCUT2D eigenvalue weighted by Gasteiger charge is -2.35. The number of carbonyl (C=O) groups excluding carboxylic acids is 2. The molecule has 0 saturated carbocycles. The predicted molar refractivity (Wildman–Crippen MR) is 116 cm³/mol. The molecule has 2 aliphatic heterocycles. The highest BCUT2D eigenvalue weighted by Gasteiger charge is 2.30. The normalized spacial score (nSPS) is 20.2.